The topological polar surface area (TPSA) is 111 Å². The summed E-state index contributed by atoms with van der Waals surface area (Å²) in [6.45, 7) is 3.18. The highest BCUT2D eigenvalue weighted by molar-refractivity contribution is 7.17. The molecule has 7 nitrogen and oxygen atoms in total. The van der Waals surface area contributed by atoms with Crippen LogP contribution in [0.4, 0.5) is 5.00 Å². The fraction of sp³-hybridized carbons (Fsp3) is 0.176. The van der Waals surface area contributed by atoms with Gasteiger partial charge >= 0.3 is 5.97 Å². The maximum atomic E-state index is 12.4. The first kappa shape index (κ1) is 19.2. The van der Waals surface area contributed by atoms with Crippen LogP contribution in [0.15, 0.2) is 28.3 Å². The molecular weight excluding hydrogens is 406 g/mol. The molecule has 140 valence electrons. The number of esters is 1. The van der Waals surface area contributed by atoms with Crippen molar-refractivity contribution < 1.29 is 19.1 Å². The third-order valence-corrected chi connectivity index (χ3v) is 6.27. The Hall–Kier alpha value is -2.56. The van der Waals surface area contributed by atoms with E-state index >= 15 is 0 Å². The number of primary amides is 1. The van der Waals surface area contributed by atoms with E-state index in [1.165, 1.54) is 24.3 Å². The van der Waals surface area contributed by atoms with E-state index in [1.54, 1.807) is 23.6 Å². The molecule has 0 saturated carbocycles. The van der Waals surface area contributed by atoms with Gasteiger partial charge in [0.1, 0.15) is 14.9 Å². The van der Waals surface area contributed by atoms with E-state index in [9.17, 15) is 14.4 Å². The highest BCUT2D eigenvalue weighted by atomic mass is 32.1. The maximum Gasteiger partial charge on any atom is 0.351 e. The van der Waals surface area contributed by atoms with Gasteiger partial charge in [-0.05, 0) is 36.7 Å². The van der Waals surface area contributed by atoms with Crippen LogP contribution in [0, 0.1) is 6.92 Å². The number of anilines is 1. The van der Waals surface area contributed by atoms with Crippen LogP contribution in [-0.2, 0) is 9.53 Å². The van der Waals surface area contributed by atoms with Crippen molar-refractivity contribution in [3.05, 3.63) is 44.4 Å². The van der Waals surface area contributed by atoms with Gasteiger partial charge in [0.15, 0.2) is 6.10 Å². The lowest BCUT2D eigenvalue weighted by Gasteiger charge is -2.12. The second-order valence-corrected chi connectivity index (χ2v) is 8.21. The van der Waals surface area contributed by atoms with Gasteiger partial charge in [-0.1, -0.05) is 0 Å². The number of aromatic nitrogens is 1. The van der Waals surface area contributed by atoms with Crippen molar-refractivity contribution in [2.75, 3.05) is 5.32 Å². The predicted octanol–water partition coefficient (Wildman–Crippen LogP) is 3.52. The first-order valence-electron chi connectivity index (χ1n) is 7.76. The molecule has 0 spiro atoms. The predicted molar refractivity (Wildman–Crippen MR) is 107 cm³/mol. The fourth-order valence-electron chi connectivity index (χ4n) is 2.18. The number of nitrogens with zero attached hydrogens (tertiary/aromatic N) is 1. The Morgan fingerprint density at radius 1 is 1.26 bits per heavy atom. The van der Waals surface area contributed by atoms with Crippen molar-refractivity contribution in [2.24, 2.45) is 5.73 Å². The van der Waals surface area contributed by atoms with Crippen molar-refractivity contribution in [1.82, 2.24) is 4.98 Å². The smallest absolute Gasteiger partial charge is 0.351 e. The molecule has 2 amide bonds. The van der Waals surface area contributed by atoms with Crippen LogP contribution in [-0.4, -0.2) is 28.9 Å². The van der Waals surface area contributed by atoms with E-state index in [2.05, 4.69) is 10.3 Å². The molecule has 3 N–H and O–H groups in total. The van der Waals surface area contributed by atoms with Crippen molar-refractivity contribution >= 4 is 56.8 Å². The van der Waals surface area contributed by atoms with Crippen LogP contribution in [0.1, 0.15) is 32.6 Å². The van der Waals surface area contributed by atoms with Crippen LogP contribution >= 0.6 is 34.0 Å². The number of carbonyl (C=O) groups is 3. The van der Waals surface area contributed by atoms with Crippen LogP contribution in [0.25, 0.3) is 10.6 Å². The van der Waals surface area contributed by atoms with Crippen LogP contribution in [0.3, 0.4) is 0 Å². The monoisotopic (exact) mass is 421 g/mol. The molecule has 0 aliphatic carbocycles. The number of amides is 2. The van der Waals surface area contributed by atoms with Crippen LogP contribution in [0.2, 0.25) is 0 Å². The standard InChI is InChI=1S/C17H15N3O4S3/c1-8-12(27-15(19-8)10-3-5-25-7-10)17(23)24-9(2)14(22)20-16-11(13(18)21)4-6-26-16/h3-7,9H,1-2H3,(H2,18,21)(H,20,22)/t9-/m1/s1. The minimum atomic E-state index is -1.05. The molecule has 0 aliphatic heterocycles. The number of hydrogen-bond acceptors (Lipinski definition) is 8. The lowest BCUT2D eigenvalue weighted by molar-refractivity contribution is -0.123. The zero-order valence-electron chi connectivity index (χ0n) is 14.3. The van der Waals surface area contributed by atoms with Gasteiger partial charge in [0.05, 0.1) is 11.3 Å². The number of carbonyl (C=O) groups excluding carboxylic acids is 3. The Morgan fingerprint density at radius 3 is 2.70 bits per heavy atom. The summed E-state index contributed by atoms with van der Waals surface area (Å²) in [5.41, 5.74) is 6.96. The maximum absolute atomic E-state index is 12.4. The average Bonchev–Trinajstić information content (AvgIpc) is 3.34. The van der Waals surface area contributed by atoms with E-state index in [4.69, 9.17) is 10.5 Å². The second kappa shape index (κ2) is 7.99. The van der Waals surface area contributed by atoms with Gasteiger partial charge in [0.2, 0.25) is 0 Å². The summed E-state index contributed by atoms with van der Waals surface area (Å²) in [5, 5.41) is 9.12. The number of ether oxygens (including phenoxy) is 1. The molecule has 3 aromatic rings. The second-order valence-electron chi connectivity index (χ2n) is 5.51. The number of nitrogens with one attached hydrogen (secondary N) is 1. The quantitative estimate of drug-likeness (QED) is 0.592. The lowest BCUT2D eigenvalue weighted by atomic mass is 10.3. The third-order valence-electron chi connectivity index (χ3n) is 3.57. The fourth-order valence-corrected chi connectivity index (χ4v) is 4.63. The van der Waals surface area contributed by atoms with Gasteiger partial charge in [-0.15, -0.1) is 22.7 Å². The highest BCUT2D eigenvalue weighted by Gasteiger charge is 2.24. The largest absolute Gasteiger partial charge is 0.448 e. The zero-order valence-corrected chi connectivity index (χ0v) is 16.8. The first-order valence-corrected chi connectivity index (χ1v) is 10.4. The van der Waals surface area contributed by atoms with Crippen molar-refractivity contribution in [2.45, 2.75) is 20.0 Å². The van der Waals surface area contributed by atoms with E-state index in [0.717, 1.165) is 21.9 Å². The molecule has 0 saturated heterocycles. The molecule has 1 atom stereocenters. The molecule has 0 aromatic carbocycles. The number of thiazole rings is 1. The van der Waals surface area contributed by atoms with Gasteiger partial charge < -0.3 is 15.8 Å². The number of nitrogens with two attached hydrogens (primary N) is 1. The number of rotatable bonds is 6. The van der Waals surface area contributed by atoms with Crippen molar-refractivity contribution in [3.8, 4) is 10.6 Å². The molecular formula is C17H15N3O4S3. The molecule has 3 heterocycles. The van der Waals surface area contributed by atoms with Gasteiger partial charge in [0.25, 0.3) is 11.8 Å². The molecule has 0 radical (unpaired) electrons. The van der Waals surface area contributed by atoms with Gasteiger partial charge in [-0.25, -0.2) is 9.78 Å². The summed E-state index contributed by atoms with van der Waals surface area (Å²) >= 11 is 3.93. The molecule has 0 unspecified atom stereocenters. The number of thiophene rings is 2. The summed E-state index contributed by atoms with van der Waals surface area (Å²) < 4.78 is 5.27. The van der Waals surface area contributed by atoms with E-state index in [1.807, 2.05) is 16.8 Å². The summed E-state index contributed by atoms with van der Waals surface area (Å²) in [4.78, 5) is 40.8. The molecule has 10 heteroatoms. The zero-order chi connectivity index (χ0) is 19.6. The normalized spacial score (nSPS) is 11.8. The summed E-state index contributed by atoms with van der Waals surface area (Å²) in [6.07, 6.45) is -1.05. The van der Waals surface area contributed by atoms with Crippen LogP contribution in [0.5, 0.6) is 0 Å². The summed E-state index contributed by atoms with van der Waals surface area (Å²) in [7, 11) is 0. The first-order chi connectivity index (χ1) is 12.9. The minimum absolute atomic E-state index is 0.214. The van der Waals surface area contributed by atoms with Crippen LogP contribution < -0.4 is 11.1 Å². The third kappa shape index (κ3) is 4.24. The Bertz CT molecular complexity index is 991. The average molecular weight is 422 g/mol. The molecule has 0 fully saturated rings. The highest BCUT2D eigenvalue weighted by Crippen LogP contribution is 2.30. The Balaban J connectivity index is 1.67. The molecule has 3 rings (SSSR count). The summed E-state index contributed by atoms with van der Waals surface area (Å²) in [6, 6.07) is 3.44. The number of hydrogen-bond donors (Lipinski definition) is 2. The van der Waals surface area contributed by atoms with E-state index < -0.39 is 23.9 Å². The van der Waals surface area contributed by atoms with Crippen molar-refractivity contribution in [1.29, 1.82) is 0 Å². The summed E-state index contributed by atoms with van der Waals surface area (Å²) in [5.74, 6) is -1.80. The molecule has 0 bridgehead atoms. The Labute approximate surface area is 166 Å². The lowest BCUT2D eigenvalue weighted by Crippen LogP contribution is -2.30. The van der Waals surface area contributed by atoms with E-state index in [-0.39, 0.29) is 5.56 Å². The Kier molecular flexibility index (Phi) is 5.68. The minimum Gasteiger partial charge on any atom is -0.448 e. The van der Waals surface area contributed by atoms with Gasteiger partial charge in [-0.2, -0.15) is 11.3 Å². The SMILES string of the molecule is Cc1nc(-c2ccsc2)sc1C(=O)O[C@H](C)C(=O)Nc1sccc1C(N)=O. The molecule has 27 heavy (non-hydrogen) atoms. The van der Waals surface area contributed by atoms with Gasteiger partial charge in [0, 0.05) is 10.9 Å². The molecule has 0 aliphatic rings. The number of aryl methyl sites for hydroxylation is 1. The van der Waals surface area contributed by atoms with Gasteiger partial charge in [-0.3, -0.25) is 9.59 Å². The molecule has 3 aromatic heterocycles. The van der Waals surface area contributed by atoms with Crippen molar-refractivity contribution in [3.63, 3.8) is 0 Å². The van der Waals surface area contributed by atoms with E-state index in [0.29, 0.717) is 15.6 Å². The Morgan fingerprint density at radius 2 is 2.04 bits per heavy atom.